The predicted molar refractivity (Wildman–Crippen MR) is 151 cm³/mol. The van der Waals surface area contributed by atoms with Crippen molar-refractivity contribution in [1.29, 1.82) is 0 Å². The van der Waals surface area contributed by atoms with Gasteiger partial charge in [-0.25, -0.2) is 4.79 Å². The van der Waals surface area contributed by atoms with Crippen molar-refractivity contribution in [3.05, 3.63) is 59.2 Å². The van der Waals surface area contributed by atoms with Crippen molar-refractivity contribution >= 4 is 34.9 Å². The monoisotopic (exact) mass is 531 g/mol. The Hall–Kier alpha value is -3.72. The number of hydrogen-bond donors (Lipinski definition) is 2. The SMILES string of the molecule is COCC1=N[C@@H](NC(=O)Nc2cccc(C)c2)C(=O)N(CC(=O)N2CC3CCC(CC3)C2)c2c(C)cccc21. The summed E-state index contributed by atoms with van der Waals surface area (Å²) in [6, 6.07) is 12.5. The van der Waals surface area contributed by atoms with Gasteiger partial charge in [0.15, 0.2) is 0 Å². The van der Waals surface area contributed by atoms with Crippen LogP contribution in [0, 0.1) is 25.7 Å². The van der Waals surface area contributed by atoms with Crippen molar-refractivity contribution < 1.29 is 19.1 Å². The highest BCUT2D eigenvalue weighted by molar-refractivity contribution is 6.15. The largest absolute Gasteiger partial charge is 0.378 e. The van der Waals surface area contributed by atoms with Crippen LogP contribution in [0.25, 0.3) is 0 Å². The Morgan fingerprint density at radius 1 is 1.03 bits per heavy atom. The molecule has 2 N–H and O–H groups in total. The van der Waals surface area contributed by atoms with Crippen LogP contribution in [0.4, 0.5) is 16.2 Å². The lowest BCUT2D eigenvalue weighted by molar-refractivity contribution is -0.132. The minimum absolute atomic E-state index is 0.0745. The molecule has 3 heterocycles. The maximum Gasteiger partial charge on any atom is 0.321 e. The molecule has 0 spiro atoms. The summed E-state index contributed by atoms with van der Waals surface area (Å²) < 4.78 is 5.42. The van der Waals surface area contributed by atoms with E-state index in [1.807, 2.05) is 55.1 Å². The van der Waals surface area contributed by atoms with E-state index in [1.54, 1.807) is 13.2 Å². The minimum Gasteiger partial charge on any atom is -0.378 e. The number of hydrogen-bond acceptors (Lipinski definition) is 5. The third-order valence-corrected chi connectivity index (χ3v) is 8.00. The van der Waals surface area contributed by atoms with Crippen molar-refractivity contribution in [2.24, 2.45) is 16.8 Å². The van der Waals surface area contributed by atoms with Gasteiger partial charge in [0.05, 0.1) is 18.0 Å². The Bertz CT molecular complexity index is 1270. The Morgan fingerprint density at radius 2 is 1.72 bits per heavy atom. The summed E-state index contributed by atoms with van der Waals surface area (Å²) in [6.07, 6.45) is 3.43. The molecule has 2 aromatic carbocycles. The molecule has 2 saturated heterocycles. The fourth-order valence-electron chi connectivity index (χ4n) is 6.04. The van der Waals surface area contributed by atoms with Crippen LogP contribution in [0.1, 0.15) is 42.4 Å². The first-order valence-electron chi connectivity index (χ1n) is 13.7. The summed E-state index contributed by atoms with van der Waals surface area (Å²) in [5.74, 6) is 0.521. The molecular formula is C30H37N5O4. The molecule has 3 fully saturated rings. The maximum absolute atomic E-state index is 14.0. The van der Waals surface area contributed by atoms with Gasteiger partial charge in [0, 0.05) is 31.5 Å². The van der Waals surface area contributed by atoms with Crippen LogP contribution in [0.3, 0.4) is 0 Å². The van der Waals surface area contributed by atoms with Crippen LogP contribution in [0.2, 0.25) is 0 Å². The topological polar surface area (TPSA) is 103 Å². The summed E-state index contributed by atoms with van der Waals surface area (Å²) in [6.45, 7) is 5.37. The molecule has 2 bridgehead atoms. The first kappa shape index (κ1) is 26.9. The Labute approximate surface area is 229 Å². The third-order valence-electron chi connectivity index (χ3n) is 8.00. The molecule has 4 amide bonds. The molecule has 4 aliphatic rings. The van der Waals surface area contributed by atoms with E-state index in [2.05, 4.69) is 15.6 Å². The highest BCUT2D eigenvalue weighted by Gasteiger charge is 2.37. The lowest BCUT2D eigenvalue weighted by Crippen LogP contribution is -2.52. The van der Waals surface area contributed by atoms with Gasteiger partial charge >= 0.3 is 6.03 Å². The van der Waals surface area contributed by atoms with E-state index in [0.717, 1.165) is 55.5 Å². The van der Waals surface area contributed by atoms with E-state index < -0.39 is 18.1 Å². The third kappa shape index (κ3) is 5.98. The Morgan fingerprint density at radius 3 is 2.38 bits per heavy atom. The number of carbonyl (C=O) groups is 3. The Kier molecular flexibility index (Phi) is 7.97. The lowest BCUT2D eigenvalue weighted by atomic mass is 9.84. The van der Waals surface area contributed by atoms with Gasteiger partial charge in [0.25, 0.3) is 5.91 Å². The van der Waals surface area contributed by atoms with Crippen LogP contribution in [0.15, 0.2) is 47.5 Å². The summed E-state index contributed by atoms with van der Waals surface area (Å²) >= 11 is 0. The van der Waals surface area contributed by atoms with Crippen LogP contribution >= 0.6 is 0 Å². The average Bonchev–Trinajstić information content (AvgIpc) is 3.29. The number of aliphatic imine (C=N–C) groups is 1. The molecule has 206 valence electrons. The highest BCUT2D eigenvalue weighted by atomic mass is 16.5. The molecule has 9 nitrogen and oxygen atoms in total. The predicted octanol–water partition coefficient (Wildman–Crippen LogP) is 3.88. The molecule has 2 aromatic rings. The molecule has 0 unspecified atom stereocenters. The van der Waals surface area contributed by atoms with Gasteiger partial charge in [0.2, 0.25) is 12.1 Å². The number of urea groups is 1. The minimum atomic E-state index is -1.22. The van der Waals surface area contributed by atoms with Crippen molar-refractivity contribution in [1.82, 2.24) is 10.2 Å². The summed E-state index contributed by atoms with van der Waals surface area (Å²) in [5.41, 5.74) is 4.34. The van der Waals surface area contributed by atoms with E-state index in [-0.39, 0.29) is 19.1 Å². The fraction of sp³-hybridized carbons (Fsp3) is 0.467. The summed E-state index contributed by atoms with van der Waals surface area (Å²) in [7, 11) is 1.56. The molecule has 39 heavy (non-hydrogen) atoms. The Balaban J connectivity index is 1.44. The second kappa shape index (κ2) is 11.6. The molecule has 6 rings (SSSR count). The molecule has 1 atom stereocenters. The fourth-order valence-corrected chi connectivity index (χ4v) is 6.04. The number of nitrogens with zero attached hydrogens (tertiary/aromatic N) is 3. The second-order valence-corrected chi connectivity index (χ2v) is 11.0. The lowest BCUT2D eigenvalue weighted by Gasteiger charge is -2.30. The maximum atomic E-state index is 14.0. The van der Waals surface area contributed by atoms with Crippen LogP contribution < -0.4 is 15.5 Å². The summed E-state index contributed by atoms with van der Waals surface area (Å²) in [4.78, 5) is 48.8. The number of methoxy groups -OCH3 is 1. The van der Waals surface area contributed by atoms with Gasteiger partial charge in [-0.2, -0.15) is 0 Å². The quantitative estimate of drug-likeness (QED) is 0.590. The average molecular weight is 532 g/mol. The van der Waals surface area contributed by atoms with Crippen molar-refractivity contribution in [2.45, 2.75) is 45.7 Å². The molecular weight excluding hydrogens is 494 g/mol. The standard InChI is InChI=1S/C30H37N5O4/c1-19-6-4-8-23(14-19)31-30(38)33-28-29(37)35(17-26(36)34-15-21-10-11-22(16-34)13-12-21)27-20(2)7-5-9-24(27)25(32-28)18-39-3/h4-9,14,21-22,28H,10-13,15-18H2,1-3H3,(H2,31,33,38)/t21?,22?,28-/m0/s1. The summed E-state index contributed by atoms with van der Waals surface area (Å²) in [5, 5.41) is 5.51. The van der Waals surface area contributed by atoms with E-state index in [0.29, 0.717) is 28.9 Å². The number of fused-ring (bicyclic) bond motifs is 5. The molecule has 3 aliphatic heterocycles. The van der Waals surface area contributed by atoms with Gasteiger partial charge in [-0.05, 0) is 74.6 Å². The van der Waals surface area contributed by atoms with E-state index >= 15 is 0 Å². The van der Waals surface area contributed by atoms with Gasteiger partial charge in [-0.1, -0.05) is 30.3 Å². The normalized spacial score (nSPS) is 22.5. The molecule has 1 aliphatic carbocycles. The van der Waals surface area contributed by atoms with E-state index in [4.69, 9.17) is 4.74 Å². The highest BCUT2D eigenvalue weighted by Crippen LogP contribution is 2.35. The first-order chi connectivity index (χ1) is 18.8. The van der Waals surface area contributed by atoms with Crippen molar-refractivity contribution in [3.63, 3.8) is 0 Å². The molecule has 1 saturated carbocycles. The number of para-hydroxylation sites is 1. The zero-order chi connectivity index (χ0) is 27.5. The molecule has 0 radical (unpaired) electrons. The van der Waals surface area contributed by atoms with Crippen LogP contribution in [0.5, 0.6) is 0 Å². The van der Waals surface area contributed by atoms with Gasteiger partial charge in [-0.15, -0.1) is 0 Å². The number of rotatable bonds is 6. The number of benzene rings is 2. The van der Waals surface area contributed by atoms with Gasteiger partial charge in [0.1, 0.15) is 6.54 Å². The number of anilines is 2. The molecule has 9 heteroatoms. The number of nitrogens with one attached hydrogen (secondary N) is 2. The number of aryl methyl sites for hydroxylation is 2. The first-order valence-corrected chi connectivity index (χ1v) is 13.7. The van der Waals surface area contributed by atoms with E-state index in [1.165, 1.54) is 4.90 Å². The number of ether oxygens (including phenoxy) is 1. The van der Waals surface area contributed by atoms with Crippen LogP contribution in [-0.2, 0) is 14.3 Å². The van der Waals surface area contributed by atoms with Crippen LogP contribution in [-0.4, -0.2) is 68.0 Å². The van der Waals surface area contributed by atoms with Gasteiger partial charge < -0.3 is 20.3 Å². The van der Waals surface area contributed by atoms with Crippen molar-refractivity contribution in [2.75, 3.05) is 43.6 Å². The smallest absolute Gasteiger partial charge is 0.321 e. The number of carbonyl (C=O) groups excluding carboxylic acids is 3. The van der Waals surface area contributed by atoms with Crippen molar-refractivity contribution in [3.8, 4) is 0 Å². The second-order valence-electron chi connectivity index (χ2n) is 11.0. The van der Waals surface area contributed by atoms with Gasteiger partial charge in [-0.3, -0.25) is 19.5 Å². The molecule has 0 aromatic heterocycles. The zero-order valence-electron chi connectivity index (χ0n) is 22.9. The number of benzodiazepines with no additional fused rings is 1. The number of amides is 4. The zero-order valence-corrected chi connectivity index (χ0v) is 22.9. The van der Waals surface area contributed by atoms with E-state index in [9.17, 15) is 14.4 Å².